The molecule has 1 aromatic rings. The molecule has 8 heteroatoms. The fraction of sp³-hybridized carbons (Fsp3) is 0.400. The third-order valence-electron chi connectivity index (χ3n) is 2.52. The molecule has 0 spiro atoms. The largest absolute Gasteiger partial charge is 0.395 e. The Bertz CT molecular complexity index is 548. The summed E-state index contributed by atoms with van der Waals surface area (Å²) < 4.78 is 63.5. The van der Waals surface area contributed by atoms with Crippen LogP contribution in [0, 0.1) is 17.5 Å². The minimum Gasteiger partial charge on any atom is -0.395 e. The minimum atomic E-state index is -4.33. The summed E-state index contributed by atoms with van der Waals surface area (Å²) in [7, 11) is -3.22. The van der Waals surface area contributed by atoms with E-state index in [1.165, 1.54) is 6.92 Å². The Labute approximate surface area is 103 Å². The summed E-state index contributed by atoms with van der Waals surface area (Å²) in [4.78, 5) is -0.968. The van der Waals surface area contributed by atoms with Gasteiger partial charge in [0.25, 0.3) is 0 Å². The number of hydrogen-bond donors (Lipinski definition) is 1. The van der Waals surface area contributed by atoms with E-state index in [0.717, 1.165) is 7.05 Å². The number of aliphatic hydroxyl groups is 1. The monoisotopic (exact) mass is 283 g/mol. The van der Waals surface area contributed by atoms with Crippen molar-refractivity contribution in [3.05, 3.63) is 29.6 Å². The van der Waals surface area contributed by atoms with Gasteiger partial charge in [0, 0.05) is 19.2 Å². The molecular formula is C10H12F3NO3S. The van der Waals surface area contributed by atoms with Gasteiger partial charge < -0.3 is 5.11 Å². The highest BCUT2D eigenvalue weighted by Crippen LogP contribution is 2.22. The first-order valence-electron chi connectivity index (χ1n) is 4.95. The summed E-state index contributed by atoms with van der Waals surface area (Å²) >= 11 is 0. The van der Waals surface area contributed by atoms with E-state index in [0.29, 0.717) is 4.31 Å². The van der Waals surface area contributed by atoms with Crippen LogP contribution in [0.5, 0.6) is 0 Å². The molecule has 0 heterocycles. The van der Waals surface area contributed by atoms with Crippen LogP contribution >= 0.6 is 0 Å². The van der Waals surface area contributed by atoms with Gasteiger partial charge in [-0.25, -0.2) is 21.6 Å². The lowest BCUT2D eigenvalue weighted by atomic mass is 10.3. The van der Waals surface area contributed by atoms with Crippen LogP contribution in [0.4, 0.5) is 13.2 Å². The van der Waals surface area contributed by atoms with Gasteiger partial charge >= 0.3 is 0 Å². The molecular weight excluding hydrogens is 271 g/mol. The van der Waals surface area contributed by atoms with E-state index in [4.69, 9.17) is 5.11 Å². The second-order valence-electron chi connectivity index (χ2n) is 3.75. The minimum absolute atomic E-state index is 0.166. The number of aliphatic hydroxyl groups excluding tert-OH is 1. The lowest BCUT2D eigenvalue weighted by molar-refractivity contribution is 0.213. The standard InChI is InChI=1S/C10H12F3NO3S/c1-6(5-15)14(2)18(16,17)10-4-8(12)7(11)3-9(10)13/h3-4,6,15H,5H2,1-2H3. The summed E-state index contributed by atoms with van der Waals surface area (Å²) in [6.45, 7) is 0.899. The predicted octanol–water partition coefficient (Wildman–Crippen LogP) is 1.11. The van der Waals surface area contributed by atoms with Crippen LogP contribution in [-0.4, -0.2) is 37.5 Å². The van der Waals surface area contributed by atoms with Gasteiger partial charge in [0.1, 0.15) is 10.7 Å². The van der Waals surface area contributed by atoms with Crippen LogP contribution < -0.4 is 0 Å². The van der Waals surface area contributed by atoms with Crippen molar-refractivity contribution in [1.29, 1.82) is 0 Å². The molecule has 0 fully saturated rings. The summed E-state index contributed by atoms with van der Waals surface area (Å²) in [5.41, 5.74) is 0. The topological polar surface area (TPSA) is 57.6 Å². The fourth-order valence-electron chi connectivity index (χ4n) is 1.21. The Morgan fingerprint density at radius 2 is 1.72 bits per heavy atom. The third kappa shape index (κ3) is 2.65. The van der Waals surface area contributed by atoms with Crippen LogP contribution in [0.15, 0.2) is 17.0 Å². The van der Waals surface area contributed by atoms with Crippen molar-refractivity contribution in [2.24, 2.45) is 0 Å². The fourth-order valence-corrected chi connectivity index (χ4v) is 2.62. The van der Waals surface area contributed by atoms with E-state index in [-0.39, 0.29) is 12.1 Å². The van der Waals surface area contributed by atoms with E-state index >= 15 is 0 Å². The van der Waals surface area contributed by atoms with Crippen molar-refractivity contribution in [2.75, 3.05) is 13.7 Å². The molecule has 102 valence electrons. The maximum Gasteiger partial charge on any atom is 0.246 e. The maximum absolute atomic E-state index is 13.4. The summed E-state index contributed by atoms with van der Waals surface area (Å²) in [5.74, 6) is -4.31. The first kappa shape index (κ1) is 14.9. The molecule has 1 N–H and O–H groups in total. The van der Waals surface area contributed by atoms with Gasteiger partial charge in [0.15, 0.2) is 11.6 Å². The second kappa shape index (κ2) is 5.25. The van der Waals surface area contributed by atoms with Gasteiger partial charge in [-0.2, -0.15) is 4.31 Å². The Morgan fingerprint density at radius 3 is 2.22 bits per heavy atom. The smallest absolute Gasteiger partial charge is 0.246 e. The highest BCUT2D eigenvalue weighted by atomic mass is 32.2. The number of hydrogen-bond acceptors (Lipinski definition) is 3. The van der Waals surface area contributed by atoms with Gasteiger partial charge in [-0.1, -0.05) is 0 Å². The summed E-state index contributed by atoms with van der Waals surface area (Å²) in [5, 5.41) is 8.85. The van der Waals surface area contributed by atoms with Crippen LogP contribution in [0.2, 0.25) is 0 Å². The molecule has 1 rings (SSSR count). The molecule has 0 saturated carbocycles. The van der Waals surface area contributed by atoms with Crippen molar-refractivity contribution in [2.45, 2.75) is 17.9 Å². The molecule has 0 amide bonds. The van der Waals surface area contributed by atoms with Gasteiger partial charge in [0.2, 0.25) is 10.0 Å². The number of nitrogens with zero attached hydrogens (tertiary/aromatic N) is 1. The first-order chi connectivity index (χ1) is 8.21. The average Bonchev–Trinajstić information content (AvgIpc) is 2.31. The average molecular weight is 283 g/mol. The van der Waals surface area contributed by atoms with Gasteiger partial charge in [-0.3, -0.25) is 0 Å². The zero-order valence-corrected chi connectivity index (χ0v) is 10.5. The molecule has 18 heavy (non-hydrogen) atoms. The second-order valence-corrected chi connectivity index (χ2v) is 5.72. The Balaban J connectivity index is 3.33. The number of benzene rings is 1. The van der Waals surface area contributed by atoms with E-state index in [1.807, 2.05) is 0 Å². The summed E-state index contributed by atoms with van der Waals surface area (Å²) in [6, 6.07) is -0.372. The van der Waals surface area contributed by atoms with Crippen molar-refractivity contribution < 1.29 is 26.7 Å². The molecule has 0 aromatic heterocycles. The number of likely N-dealkylation sites (N-methyl/N-ethyl adjacent to an activating group) is 1. The van der Waals surface area contributed by atoms with Crippen LogP contribution in [-0.2, 0) is 10.0 Å². The van der Waals surface area contributed by atoms with Gasteiger partial charge in [-0.05, 0) is 13.0 Å². The lowest BCUT2D eigenvalue weighted by Crippen LogP contribution is -2.37. The summed E-state index contributed by atoms with van der Waals surface area (Å²) in [6.07, 6.45) is 0. The number of sulfonamides is 1. The molecule has 0 aliphatic carbocycles. The molecule has 0 aliphatic rings. The van der Waals surface area contributed by atoms with Crippen LogP contribution in [0.3, 0.4) is 0 Å². The molecule has 1 aromatic carbocycles. The highest BCUT2D eigenvalue weighted by Gasteiger charge is 2.29. The van der Waals surface area contributed by atoms with Crippen molar-refractivity contribution in [3.63, 3.8) is 0 Å². The SMILES string of the molecule is CC(CO)N(C)S(=O)(=O)c1cc(F)c(F)cc1F. The van der Waals surface area contributed by atoms with E-state index < -0.39 is 45.0 Å². The van der Waals surface area contributed by atoms with Gasteiger partial charge in [0.05, 0.1) is 6.61 Å². The van der Waals surface area contributed by atoms with Crippen LogP contribution in [0.25, 0.3) is 0 Å². The van der Waals surface area contributed by atoms with E-state index in [2.05, 4.69) is 0 Å². The molecule has 0 radical (unpaired) electrons. The highest BCUT2D eigenvalue weighted by molar-refractivity contribution is 7.89. The van der Waals surface area contributed by atoms with Gasteiger partial charge in [-0.15, -0.1) is 0 Å². The molecule has 4 nitrogen and oxygen atoms in total. The van der Waals surface area contributed by atoms with Crippen molar-refractivity contribution >= 4 is 10.0 Å². The number of rotatable bonds is 4. The predicted molar refractivity (Wildman–Crippen MR) is 57.8 cm³/mol. The molecule has 0 bridgehead atoms. The quantitative estimate of drug-likeness (QED) is 0.842. The molecule has 1 atom stereocenters. The third-order valence-corrected chi connectivity index (χ3v) is 4.50. The van der Waals surface area contributed by atoms with Crippen molar-refractivity contribution in [1.82, 2.24) is 4.31 Å². The Morgan fingerprint density at radius 1 is 1.22 bits per heavy atom. The molecule has 0 saturated heterocycles. The number of halogens is 3. The Kier molecular flexibility index (Phi) is 4.36. The van der Waals surface area contributed by atoms with E-state index in [1.54, 1.807) is 0 Å². The zero-order valence-electron chi connectivity index (χ0n) is 9.69. The maximum atomic E-state index is 13.4. The Hall–Kier alpha value is -1.12. The van der Waals surface area contributed by atoms with E-state index in [9.17, 15) is 21.6 Å². The zero-order chi connectivity index (χ0) is 14.1. The first-order valence-corrected chi connectivity index (χ1v) is 6.39. The van der Waals surface area contributed by atoms with Crippen molar-refractivity contribution in [3.8, 4) is 0 Å². The van der Waals surface area contributed by atoms with Crippen LogP contribution in [0.1, 0.15) is 6.92 Å². The normalized spacial score (nSPS) is 13.9. The molecule has 1 unspecified atom stereocenters. The lowest BCUT2D eigenvalue weighted by Gasteiger charge is -2.22. The molecule has 0 aliphatic heterocycles.